The first-order valence-electron chi connectivity index (χ1n) is 5.86. The van der Waals surface area contributed by atoms with Crippen molar-refractivity contribution in [2.45, 2.75) is 13.0 Å². The van der Waals surface area contributed by atoms with Gasteiger partial charge < -0.3 is 4.74 Å². The van der Waals surface area contributed by atoms with E-state index >= 15 is 0 Å². The number of hydrazine groups is 1. The molecule has 0 saturated carbocycles. The first kappa shape index (κ1) is 13.9. The highest BCUT2D eigenvalue weighted by molar-refractivity contribution is 6.31. The fourth-order valence-corrected chi connectivity index (χ4v) is 2.43. The summed E-state index contributed by atoms with van der Waals surface area (Å²) in [5, 5.41) is 4.71. The number of hydrogen-bond acceptors (Lipinski definition) is 4. The van der Waals surface area contributed by atoms with Crippen molar-refractivity contribution >= 4 is 11.6 Å². The van der Waals surface area contributed by atoms with Gasteiger partial charge in [0, 0.05) is 7.05 Å². The maximum Gasteiger partial charge on any atom is 0.121 e. The molecule has 6 heteroatoms. The van der Waals surface area contributed by atoms with Crippen molar-refractivity contribution in [3.05, 3.63) is 46.2 Å². The Morgan fingerprint density at radius 1 is 1.47 bits per heavy atom. The van der Waals surface area contributed by atoms with Crippen molar-refractivity contribution in [1.82, 2.24) is 15.2 Å². The van der Waals surface area contributed by atoms with Crippen LogP contribution in [-0.2, 0) is 7.05 Å². The Kier molecular flexibility index (Phi) is 4.09. The minimum atomic E-state index is -0.218. The van der Waals surface area contributed by atoms with Crippen molar-refractivity contribution in [2.75, 3.05) is 7.11 Å². The molecule has 0 aliphatic carbocycles. The summed E-state index contributed by atoms with van der Waals surface area (Å²) in [6, 6.07) is 5.68. The third kappa shape index (κ3) is 2.58. The van der Waals surface area contributed by atoms with Crippen LogP contribution in [0.1, 0.15) is 22.9 Å². The van der Waals surface area contributed by atoms with Gasteiger partial charge in [0.2, 0.25) is 0 Å². The molecule has 0 radical (unpaired) electrons. The molecule has 19 heavy (non-hydrogen) atoms. The molecule has 0 aliphatic rings. The SMILES string of the molecule is COc1ccc(C(NN)c2c(Cl)cnn2C)cc1C. The first-order valence-corrected chi connectivity index (χ1v) is 6.24. The minimum absolute atomic E-state index is 0.218. The second-order valence-electron chi connectivity index (χ2n) is 4.33. The molecule has 2 aromatic rings. The molecule has 0 saturated heterocycles. The summed E-state index contributed by atoms with van der Waals surface area (Å²) in [5.74, 6) is 6.52. The largest absolute Gasteiger partial charge is 0.496 e. The number of hydrogen-bond donors (Lipinski definition) is 2. The normalized spacial score (nSPS) is 12.5. The molecule has 3 N–H and O–H groups in total. The van der Waals surface area contributed by atoms with Gasteiger partial charge in [0.1, 0.15) is 5.75 Å². The Labute approximate surface area is 117 Å². The maximum absolute atomic E-state index is 6.16. The van der Waals surface area contributed by atoms with Gasteiger partial charge in [-0.2, -0.15) is 5.10 Å². The summed E-state index contributed by atoms with van der Waals surface area (Å²) in [6.07, 6.45) is 1.61. The number of aryl methyl sites for hydroxylation is 2. The number of halogens is 1. The Bertz CT molecular complexity index is 563. The number of nitrogens with two attached hydrogens (primary N) is 1. The van der Waals surface area contributed by atoms with Gasteiger partial charge in [0.15, 0.2) is 0 Å². The lowest BCUT2D eigenvalue weighted by atomic mass is 10.0. The summed E-state index contributed by atoms with van der Waals surface area (Å²) in [4.78, 5) is 0. The van der Waals surface area contributed by atoms with Crippen LogP contribution in [0.5, 0.6) is 5.75 Å². The Hall–Kier alpha value is -1.56. The van der Waals surface area contributed by atoms with Crippen LogP contribution in [-0.4, -0.2) is 16.9 Å². The molecule has 1 aromatic heterocycles. The molecule has 0 bridgehead atoms. The van der Waals surface area contributed by atoms with Crippen LogP contribution in [0, 0.1) is 6.92 Å². The van der Waals surface area contributed by atoms with Gasteiger partial charge in [0.05, 0.1) is 30.1 Å². The van der Waals surface area contributed by atoms with E-state index in [0.717, 1.165) is 22.6 Å². The fraction of sp³-hybridized carbons (Fsp3) is 0.308. The van der Waals surface area contributed by atoms with Crippen LogP contribution >= 0.6 is 11.6 Å². The summed E-state index contributed by atoms with van der Waals surface area (Å²) >= 11 is 6.16. The predicted molar refractivity (Wildman–Crippen MR) is 75.1 cm³/mol. The van der Waals surface area contributed by atoms with Crippen molar-refractivity contribution in [2.24, 2.45) is 12.9 Å². The maximum atomic E-state index is 6.16. The number of nitrogens with zero attached hydrogens (tertiary/aromatic N) is 2. The molecule has 1 unspecified atom stereocenters. The molecule has 102 valence electrons. The standard InChI is InChI=1S/C13H17ClN4O/c1-8-6-9(4-5-11(8)19-3)12(17-15)13-10(14)7-16-18(13)2/h4-7,12,17H,15H2,1-3H3. The number of rotatable bonds is 4. The molecule has 1 aromatic carbocycles. The van der Waals surface area contributed by atoms with Gasteiger partial charge in [-0.3, -0.25) is 10.5 Å². The van der Waals surface area contributed by atoms with Gasteiger partial charge in [-0.05, 0) is 24.1 Å². The lowest BCUT2D eigenvalue weighted by Gasteiger charge is -2.18. The molecule has 0 aliphatic heterocycles. The topological polar surface area (TPSA) is 65.1 Å². The lowest BCUT2D eigenvalue weighted by Crippen LogP contribution is -2.30. The van der Waals surface area contributed by atoms with Gasteiger partial charge in [0.25, 0.3) is 0 Å². The summed E-state index contributed by atoms with van der Waals surface area (Å²) in [7, 11) is 3.49. The van der Waals surface area contributed by atoms with Crippen LogP contribution in [0.4, 0.5) is 0 Å². The fourth-order valence-electron chi connectivity index (χ4n) is 2.16. The van der Waals surface area contributed by atoms with Crippen LogP contribution < -0.4 is 16.0 Å². The van der Waals surface area contributed by atoms with Crippen molar-refractivity contribution in [1.29, 1.82) is 0 Å². The number of nitrogens with one attached hydrogen (secondary N) is 1. The second kappa shape index (κ2) is 5.61. The smallest absolute Gasteiger partial charge is 0.121 e. The number of aromatic nitrogens is 2. The van der Waals surface area contributed by atoms with Gasteiger partial charge in [-0.1, -0.05) is 23.7 Å². The number of methoxy groups -OCH3 is 1. The zero-order chi connectivity index (χ0) is 14.0. The monoisotopic (exact) mass is 280 g/mol. The summed E-state index contributed by atoms with van der Waals surface area (Å²) in [5.41, 5.74) is 5.65. The van der Waals surface area contributed by atoms with E-state index in [4.69, 9.17) is 22.2 Å². The zero-order valence-corrected chi connectivity index (χ0v) is 11.9. The Balaban J connectivity index is 2.46. The molecule has 0 fully saturated rings. The van der Waals surface area contributed by atoms with E-state index in [9.17, 15) is 0 Å². The summed E-state index contributed by atoms with van der Waals surface area (Å²) < 4.78 is 6.97. The highest BCUT2D eigenvalue weighted by Crippen LogP contribution is 2.29. The first-order chi connectivity index (χ1) is 9.08. The van der Waals surface area contributed by atoms with E-state index in [1.54, 1.807) is 18.0 Å². The van der Waals surface area contributed by atoms with E-state index in [2.05, 4.69) is 10.5 Å². The Morgan fingerprint density at radius 2 is 2.21 bits per heavy atom. The molecule has 0 amide bonds. The van der Waals surface area contributed by atoms with Crippen molar-refractivity contribution < 1.29 is 4.74 Å². The molecule has 0 spiro atoms. The third-order valence-corrected chi connectivity index (χ3v) is 3.42. The third-order valence-electron chi connectivity index (χ3n) is 3.13. The van der Waals surface area contributed by atoms with E-state index in [1.807, 2.05) is 32.2 Å². The zero-order valence-electron chi connectivity index (χ0n) is 11.1. The number of benzene rings is 1. The number of ether oxygens (including phenoxy) is 1. The van der Waals surface area contributed by atoms with E-state index in [0.29, 0.717) is 5.02 Å². The van der Waals surface area contributed by atoms with Crippen LogP contribution in [0.15, 0.2) is 24.4 Å². The quantitative estimate of drug-likeness (QED) is 0.664. The van der Waals surface area contributed by atoms with Crippen LogP contribution in [0.3, 0.4) is 0 Å². The molecule has 1 heterocycles. The molecular formula is C13H17ClN4O. The average Bonchev–Trinajstić information content (AvgIpc) is 2.72. The predicted octanol–water partition coefficient (Wildman–Crippen LogP) is 1.94. The highest BCUT2D eigenvalue weighted by Gasteiger charge is 2.20. The van der Waals surface area contributed by atoms with Crippen LogP contribution in [0.2, 0.25) is 5.02 Å². The Morgan fingerprint density at radius 3 is 2.68 bits per heavy atom. The van der Waals surface area contributed by atoms with E-state index in [1.165, 1.54) is 0 Å². The van der Waals surface area contributed by atoms with Crippen molar-refractivity contribution in [3.63, 3.8) is 0 Å². The molecule has 5 nitrogen and oxygen atoms in total. The second-order valence-corrected chi connectivity index (χ2v) is 4.74. The molecule has 1 atom stereocenters. The minimum Gasteiger partial charge on any atom is -0.496 e. The van der Waals surface area contributed by atoms with Crippen LogP contribution in [0.25, 0.3) is 0 Å². The molecule has 2 rings (SSSR count). The van der Waals surface area contributed by atoms with Gasteiger partial charge in [-0.15, -0.1) is 0 Å². The van der Waals surface area contributed by atoms with E-state index in [-0.39, 0.29) is 6.04 Å². The summed E-state index contributed by atoms with van der Waals surface area (Å²) in [6.45, 7) is 1.99. The average molecular weight is 281 g/mol. The van der Waals surface area contributed by atoms with E-state index < -0.39 is 0 Å². The van der Waals surface area contributed by atoms with Crippen molar-refractivity contribution in [3.8, 4) is 5.75 Å². The lowest BCUT2D eigenvalue weighted by molar-refractivity contribution is 0.411. The molecular weight excluding hydrogens is 264 g/mol. The van der Waals surface area contributed by atoms with Gasteiger partial charge in [-0.25, -0.2) is 5.43 Å². The highest BCUT2D eigenvalue weighted by atomic mass is 35.5. The van der Waals surface area contributed by atoms with Gasteiger partial charge >= 0.3 is 0 Å².